The number of hydrazone groups is 1. The molecule has 1 rings (SSSR count). The second-order valence-electron chi connectivity index (χ2n) is 4.00. The van der Waals surface area contributed by atoms with Crippen molar-refractivity contribution in [3.8, 4) is 0 Å². The van der Waals surface area contributed by atoms with Crippen molar-refractivity contribution in [1.29, 1.82) is 0 Å². The Balaban J connectivity index is 2.91. The van der Waals surface area contributed by atoms with Crippen LogP contribution in [0.4, 0.5) is 0 Å². The van der Waals surface area contributed by atoms with E-state index in [0.29, 0.717) is 5.92 Å². The van der Waals surface area contributed by atoms with E-state index in [4.69, 9.17) is 0 Å². The molecule has 0 fully saturated rings. The first kappa shape index (κ1) is 10.8. The van der Waals surface area contributed by atoms with Gasteiger partial charge < -0.3 is 0 Å². The molecule has 0 aromatic heterocycles. The van der Waals surface area contributed by atoms with E-state index in [2.05, 4.69) is 31.6 Å². The zero-order chi connectivity index (χ0) is 10.7. The van der Waals surface area contributed by atoms with Crippen molar-refractivity contribution in [3.05, 3.63) is 36.2 Å². The molecule has 0 aromatic rings. The molecule has 0 saturated carbocycles. The third-order valence-electron chi connectivity index (χ3n) is 2.01. The topological polar surface area (TPSA) is 15.6 Å². The molecular formula is C12H18N2. The summed E-state index contributed by atoms with van der Waals surface area (Å²) < 4.78 is 0. The van der Waals surface area contributed by atoms with Crippen molar-refractivity contribution in [2.45, 2.75) is 27.7 Å². The highest BCUT2D eigenvalue weighted by molar-refractivity contribution is 5.79. The summed E-state index contributed by atoms with van der Waals surface area (Å²) in [5, 5.41) is 6.21. The largest absolute Gasteiger partial charge is 0.241 e. The van der Waals surface area contributed by atoms with E-state index in [9.17, 15) is 0 Å². The second kappa shape index (κ2) is 4.27. The van der Waals surface area contributed by atoms with Gasteiger partial charge in [-0.05, 0) is 31.4 Å². The maximum absolute atomic E-state index is 4.37. The first-order valence-electron chi connectivity index (χ1n) is 4.90. The molecule has 2 nitrogen and oxygen atoms in total. The summed E-state index contributed by atoms with van der Waals surface area (Å²) in [5.74, 6) is 0.522. The molecule has 1 aliphatic heterocycles. The molecule has 0 amide bonds. The van der Waals surface area contributed by atoms with Gasteiger partial charge in [0.2, 0.25) is 0 Å². The van der Waals surface area contributed by atoms with E-state index in [1.807, 2.05) is 31.1 Å². The molecule has 0 radical (unpaired) electrons. The Morgan fingerprint density at radius 1 is 1.36 bits per heavy atom. The third kappa shape index (κ3) is 2.59. The van der Waals surface area contributed by atoms with Crippen LogP contribution in [-0.2, 0) is 0 Å². The number of hydrogen-bond donors (Lipinski definition) is 0. The minimum atomic E-state index is 0.522. The highest BCUT2D eigenvalue weighted by atomic mass is 15.4. The smallest absolute Gasteiger partial charge is 0.0573 e. The fourth-order valence-electron chi connectivity index (χ4n) is 1.19. The standard InChI is InChI=1S/C12H18N2/c1-9(2)12-7-6-11(5)14(8-12)13-10(3)4/h6-9H,5H2,1-4H3. The van der Waals surface area contributed by atoms with Crippen molar-refractivity contribution in [2.24, 2.45) is 11.0 Å². The molecule has 0 aromatic carbocycles. The van der Waals surface area contributed by atoms with E-state index >= 15 is 0 Å². The quantitative estimate of drug-likeness (QED) is 0.610. The molecule has 1 aliphatic rings. The van der Waals surface area contributed by atoms with E-state index in [-0.39, 0.29) is 0 Å². The summed E-state index contributed by atoms with van der Waals surface area (Å²) in [6.45, 7) is 12.2. The van der Waals surface area contributed by atoms with E-state index in [1.54, 1.807) is 0 Å². The Labute approximate surface area is 86.3 Å². The van der Waals surface area contributed by atoms with Crippen molar-refractivity contribution >= 4 is 5.71 Å². The number of allylic oxidation sites excluding steroid dienone is 3. The third-order valence-corrected chi connectivity index (χ3v) is 2.01. The van der Waals surface area contributed by atoms with Crippen LogP contribution in [0, 0.1) is 5.92 Å². The zero-order valence-corrected chi connectivity index (χ0v) is 9.41. The molecule has 0 aliphatic carbocycles. The SMILES string of the molecule is C=C1C=CC(C(C)C)=CN1N=C(C)C. The van der Waals surface area contributed by atoms with Gasteiger partial charge in [0.05, 0.1) is 5.70 Å². The lowest BCUT2D eigenvalue weighted by Crippen LogP contribution is -2.14. The Hall–Kier alpha value is -1.31. The molecule has 2 heteroatoms. The highest BCUT2D eigenvalue weighted by Crippen LogP contribution is 2.21. The van der Waals surface area contributed by atoms with Crippen LogP contribution in [0.1, 0.15) is 27.7 Å². The van der Waals surface area contributed by atoms with Crippen LogP contribution in [0.5, 0.6) is 0 Å². The molecule has 0 unspecified atom stereocenters. The summed E-state index contributed by atoms with van der Waals surface area (Å²) in [7, 11) is 0. The second-order valence-corrected chi connectivity index (χ2v) is 4.00. The molecule has 0 atom stereocenters. The zero-order valence-electron chi connectivity index (χ0n) is 9.41. The minimum Gasteiger partial charge on any atom is -0.241 e. The number of rotatable bonds is 2. The lowest BCUT2D eigenvalue weighted by molar-refractivity contribution is 0.499. The predicted octanol–water partition coefficient (Wildman–Crippen LogP) is 3.31. The van der Waals surface area contributed by atoms with Gasteiger partial charge in [-0.2, -0.15) is 5.10 Å². The van der Waals surface area contributed by atoms with Crippen LogP contribution in [0.25, 0.3) is 0 Å². The van der Waals surface area contributed by atoms with Crippen LogP contribution in [-0.4, -0.2) is 10.7 Å². The molecule has 1 heterocycles. The normalized spacial score (nSPS) is 15.9. The molecule has 14 heavy (non-hydrogen) atoms. The first-order chi connectivity index (χ1) is 6.50. The summed E-state index contributed by atoms with van der Waals surface area (Å²) in [6, 6.07) is 0. The van der Waals surface area contributed by atoms with Gasteiger partial charge in [-0.25, -0.2) is 5.01 Å². The van der Waals surface area contributed by atoms with Gasteiger partial charge in [-0.3, -0.25) is 0 Å². The highest BCUT2D eigenvalue weighted by Gasteiger charge is 2.09. The van der Waals surface area contributed by atoms with Crippen molar-refractivity contribution in [3.63, 3.8) is 0 Å². The molecular weight excluding hydrogens is 172 g/mol. The first-order valence-corrected chi connectivity index (χ1v) is 4.90. The van der Waals surface area contributed by atoms with Gasteiger partial charge in [0.15, 0.2) is 0 Å². The van der Waals surface area contributed by atoms with E-state index < -0.39 is 0 Å². The molecule has 0 N–H and O–H groups in total. The minimum absolute atomic E-state index is 0.522. The average Bonchev–Trinajstić information content (AvgIpc) is 2.07. The van der Waals surface area contributed by atoms with Crippen LogP contribution >= 0.6 is 0 Å². The lowest BCUT2D eigenvalue weighted by Gasteiger charge is -2.22. The van der Waals surface area contributed by atoms with Gasteiger partial charge in [-0.1, -0.05) is 26.5 Å². The summed E-state index contributed by atoms with van der Waals surface area (Å²) in [5.41, 5.74) is 3.22. The maximum atomic E-state index is 4.37. The van der Waals surface area contributed by atoms with E-state index in [0.717, 1.165) is 11.4 Å². The summed E-state index contributed by atoms with van der Waals surface area (Å²) in [4.78, 5) is 0. The van der Waals surface area contributed by atoms with Crippen molar-refractivity contribution in [2.75, 3.05) is 0 Å². The Morgan fingerprint density at radius 2 is 2.00 bits per heavy atom. The predicted molar refractivity (Wildman–Crippen MR) is 61.8 cm³/mol. The van der Waals surface area contributed by atoms with Gasteiger partial charge >= 0.3 is 0 Å². The average molecular weight is 190 g/mol. The molecule has 0 saturated heterocycles. The van der Waals surface area contributed by atoms with Crippen molar-refractivity contribution < 1.29 is 0 Å². The lowest BCUT2D eigenvalue weighted by atomic mass is 10.0. The molecule has 0 spiro atoms. The van der Waals surface area contributed by atoms with Gasteiger partial charge in [0, 0.05) is 11.9 Å². The number of hydrogen-bond acceptors (Lipinski definition) is 2. The molecule has 76 valence electrons. The van der Waals surface area contributed by atoms with Crippen LogP contribution in [0.3, 0.4) is 0 Å². The maximum Gasteiger partial charge on any atom is 0.0573 e. The molecule has 0 bridgehead atoms. The van der Waals surface area contributed by atoms with E-state index in [1.165, 1.54) is 5.57 Å². The summed E-state index contributed by atoms with van der Waals surface area (Å²) >= 11 is 0. The van der Waals surface area contributed by atoms with Crippen LogP contribution in [0.15, 0.2) is 41.3 Å². The van der Waals surface area contributed by atoms with Gasteiger partial charge in [0.1, 0.15) is 0 Å². The van der Waals surface area contributed by atoms with Crippen molar-refractivity contribution in [1.82, 2.24) is 5.01 Å². The van der Waals surface area contributed by atoms with Crippen LogP contribution < -0.4 is 0 Å². The van der Waals surface area contributed by atoms with Gasteiger partial charge in [-0.15, -0.1) is 0 Å². The Kier molecular flexibility index (Phi) is 3.28. The monoisotopic (exact) mass is 190 g/mol. The Morgan fingerprint density at radius 3 is 2.50 bits per heavy atom. The fourth-order valence-corrected chi connectivity index (χ4v) is 1.19. The fraction of sp³-hybridized carbons (Fsp3) is 0.417. The van der Waals surface area contributed by atoms with Crippen LogP contribution in [0.2, 0.25) is 0 Å². The summed E-state index contributed by atoms with van der Waals surface area (Å²) in [6.07, 6.45) is 6.14. The Bertz CT molecular complexity index is 315. The van der Waals surface area contributed by atoms with Gasteiger partial charge in [0.25, 0.3) is 0 Å². The number of nitrogens with zero attached hydrogens (tertiary/aromatic N) is 2.